The molecule has 0 aliphatic carbocycles. The van der Waals surface area contributed by atoms with E-state index in [1.807, 2.05) is 0 Å². The summed E-state index contributed by atoms with van der Waals surface area (Å²) in [6, 6.07) is 2.62. The zero-order chi connectivity index (χ0) is 12.8. The predicted octanol–water partition coefficient (Wildman–Crippen LogP) is 3.72. The fraction of sp³-hybridized carbons (Fsp3) is 1.00. The molecule has 2 aliphatic heterocycles. The van der Waals surface area contributed by atoms with E-state index in [1.165, 1.54) is 64.2 Å². The van der Waals surface area contributed by atoms with Crippen molar-refractivity contribution < 1.29 is 5.11 Å². The quantitative estimate of drug-likeness (QED) is 0.699. The van der Waals surface area contributed by atoms with Crippen LogP contribution in [0.4, 0.5) is 0 Å². The first-order valence-electron chi connectivity index (χ1n) is 8.25. The maximum atomic E-state index is 8.94. The molecule has 0 aromatic rings. The summed E-state index contributed by atoms with van der Waals surface area (Å²) in [7, 11) is 0. The fourth-order valence-corrected chi connectivity index (χ4v) is 4.13. The summed E-state index contributed by atoms with van der Waals surface area (Å²) in [6.45, 7) is 2.68. The third-order valence-electron chi connectivity index (χ3n) is 5.01. The molecule has 2 aliphatic rings. The van der Waals surface area contributed by atoms with E-state index in [9.17, 15) is 0 Å². The number of hydrogen-bond acceptors (Lipinski definition) is 2. The Bertz CT molecular complexity index is 231. The van der Waals surface area contributed by atoms with E-state index in [1.54, 1.807) is 0 Å². The maximum Gasteiger partial charge on any atom is 0.0431 e. The maximum absolute atomic E-state index is 8.94. The van der Waals surface area contributed by atoms with Crippen LogP contribution in [0.3, 0.4) is 0 Å². The Morgan fingerprint density at radius 2 is 1.72 bits per heavy atom. The summed E-state index contributed by atoms with van der Waals surface area (Å²) in [4.78, 5) is 2.90. The standard InChI is InChI=1S/C16H31NO/c1-2-3-7-15-11-12-16-10-6-9-14(17(15)16)8-4-5-13-18/h14-16,18H,2-13H2,1H3/t14-,15-,16-/m1/s1. The summed E-state index contributed by atoms with van der Waals surface area (Å²) in [5.74, 6) is 0. The number of aliphatic hydroxyl groups excluding tert-OH is 1. The normalized spacial score (nSPS) is 32.7. The molecule has 2 nitrogen and oxygen atoms in total. The van der Waals surface area contributed by atoms with Crippen molar-refractivity contribution in [1.29, 1.82) is 0 Å². The molecule has 0 radical (unpaired) electrons. The number of aliphatic hydroxyl groups is 1. The van der Waals surface area contributed by atoms with Gasteiger partial charge in [-0.2, -0.15) is 0 Å². The molecule has 18 heavy (non-hydrogen) atoms. The highest BCUT2D eigenvalue weighted by atomic mass is 16.2. The predicted molar refractivity (Wildman–Crippen MR) is 76.7 cm³/mol. The highest BCUT2D eigenvalue weighted by molar-refractivity contribution is 4.94. The molecule has 1 N–H and O–H groups in total. The number of piperidine rings is 1. The molecule has 2 heterocycles. The molecule has 0 unspecified atom stereocenters. The van der Waals surface area contributed by atoms with Crippen LogP contribution < -0.4 is 0 Å². The van der Waals surface area contributed by atoms with Crippen LogP contribution in [-0.2, 0) is 0 Å². The lowest BCUT2D eigenvalue weighted by Gasteiger charge is -2.41. The molecule has 2 rings (SSSR count). The van der Waals surface area contributed by atoms with E-state index in [4.69, 9.17) is 5.11 Å². The van der Waals surface area contributed by atoms with Crippen molar-refractivity contribution in [3.63, 3.8) is 0 Å². The van der Waals surface area contributed by atoms with Crippen LogP contribution in [-0.4, -0.2) is 34.7 Å². The molecule has 3 atom stereocenters. The van der Waals surface area contributed by atoms with E-state index in [0.29, 0.717) is 6.61 Å². The first kappa shape index (κ1) is 14.3. The van der Waals surface area contributed by atoms with Gasteiger partial charge < -0.3 is 5.11 Å². The van der Waals surface area contributed by atoms with E-state index >= 15 is 0 Å². The first-order chi connectivity index (χ1) is 8.86. The Balaban J connectivity index is 1.87. The van der Waals surface area contributed by atoms with E-state index in [2.05, 4.69) is 11.8 Å². The second kappa shape index (κ2) is 7.49. The molecule has 2 fully saturated rings. The summed E-state index contributed by atoms with van der Waals surface area (Å²) in [6.07, 6.45) is 14.9. The van der Waals surface area contributed by atoms with Crippen molar-refractivity contribution >= 4 is 0 Å². The Hall–Kier alpha value is -0.0800. The van der Waals surface area contributed by atoms with Gasteiger partial charge in [0.1, 0.15) is 0 Å². The molecule has 0 spiro atoms. The Morgan fingerprint density at radius 1 is 0.944 bits per heavy atom. The molecule has 2 heteroatoms. The number of unbranched alkanes of at least 4 members (excludes halogenated alkanes) is 2. The van der Waals surface area contributed by atoms with Crippen molar-refractivity contribution in [2.24, 2.45) is 0 Å². The minimum Gasteiger partial charge on any atom is -0.396 e. The van der Waals surface area contributed by atoms with E-state index < -0.39 is 0 Å². The first-order valence-corrected chi connectivity index (χ1v) is 8.25. The van der Waals surface area contributed by atoms with Gasteiger partial charge in [-0.15, -0.1) is 0 Å². The summed E-state index contributed by atoms with van der Waals surface area (Å²) < 4.78 is 0. The third-order valence-corrected chi connectivity index (χ3v) is 5.01. The number of nitrogens with zero attached hydrogens (tertiary/aromatic N) is 1. The van der Waals surface area contributed by atoms with Gasteiger partial charge in [-0.05, 0) is 51.4 Å². The zero-order valence-corrected chi connectivity index (χ0v) is 12.1. The summed E-state index contributed by atoms with van der Waals surface area (Å²) >= 11 is 0. The van der Waals surface area contributed by atoms with Gasteiger partial charge >= 0.3 is 0 Å². The number of fused-ring (bicyclic) bond motifs is 1. The largest absolute Gasteiger partial charge is 0.396 e. The van der Waals surface area contributed by atoms with Crippen LogP contribution in [0.15, 0.2) is 0 Å². The van der Waals surface area contributed by atoms with Crippen molar-refractivity contribution in [2.75, 3.05) is 6.61 Å². The average molecular weight is 253 g/mol. The molecule has 0 amide bonds. The van der Waals surface area contributed by atoms with Crippen molar-refractivity contribution in [3.8, 4) is 0 Å². The molecular weight excluding hydrogens is 222 g/mol. The molecule has 0 bridgehead atoms. The van der Waals surface area contributed by atoms with Gasteiger partial charge in [0.25, 0.3) is 0 Å². The van der Waals surface area contributed by atoms with E-state index in [-0.39, 0.29) is 0 Å². The van der Waals surface area contributed by atoms with Crippen LogP contribution >= 0.6 is 0 Å². The number of rotatable bonds is 7. The SMILES string of the molecule is CCCC[C@@H]1CC[C@H]2CCC[C@@H](CCCCO)N12. The van der Waals surface area contributed by atoms with Crippen molar-refractivity contribution in [3.05, 3.63) is 0 Å². The number of hydrogen-bond donors (Lipinski definition) is 1. The monoisotopic (exact) mass is 253 g/mol. The van der Waals surface area contributed by atoms with Gasteiger partial charge in [-0.25, -0.2) is 0 Å². The van der Waals surface area contributed by atoms with Crippen molar-refractivity contribution in [1.82, 2.24) is 4.90 Å². The van der Waals surface area contributed by atoms with Crippen LogP contribution in [0, 0.1) is 0 Å². The second-order valence-corrected chi connectivity index (χ2v) is 6.28. The van der Waals surface area contributed by atoms with E-state index in [0.717, 1.165) is 24.5 Å². The lowest BCUT2D eigenvalue weighted by Crippen LogP contribution is -2.47. The Morgan fingerprint density at radius 3 is 2.50 bits per heavy atom. The van der Waals surface area contributed by atoms with Crippen LogP contribution in [0.1, 0.15) is 77.6 Å². The zero-order valence-electron chi connectivity index (χ0n) is 12.1. The molecule has 106 valence electrons. The minimum atomic E-state index is 0.370. The lowest BCUT2D eigenvalue weighted by atomic mass is 9.92. The Labute approximate surface area is 113 Å². The molecule has 0 aromatic carbocycles. The smallest absolute Gasteiger partial charge is 0.0431 e. The van der Waals surface area contributed by atoms with Crippen LogP contribution in [0.5, 0.6) is 0 Å². The topological polar surface area (TPSA) is 23.5 Å². The lowest BCUT2D eigenvalue weighted by molar-refractivity contribution is 0.0695. The highest BCUT2D eigenvalue weighted by Crippen LogP contribution is 2.38. The molecular formula is C16H31NO. The van der Waals surface area contributed by atoms with Crippen molar-refractivity contribution in [2.45, 2.75) is 95.7 Å². The summed E-state index contributed by atoms with van der Waals surface area (Å²) in [5.41, 5.74) is 0. The average Bonchev–Trinajstić information content (AvgIpc) is 2.81. The van der Waals surface area contributed by atoms with Gasteiger partial charge in [0.15, 0.2) is 0 Å². The van der Waals surface area contributed by atoms with Crippen LogP contribution in [0.2, 0.25) is 0 Å². The van der Waals surface area contributed by atoms with Gasteiger partial charge in [-0.1, -0.05) is 26.2 Å². The van der Waals surface area contributed by atoms with Gasteiger partial charge in [0, 0.05) is 24.7 Å². The van der Waals surface area contributed by atoms with Gasteiger partial charge in [-0.3, -0.25) is 4.90 Å². The third kappa shape index (κ3) is 3.48. The van der Waals surface area contributed by atoms with Gasteiger partial charge in [0.2, 0.25) is 0 Å². The molecule has 2 saturated heterocycles. The molecule has 0 aromatic heterocycles. The van der Waals surface area contributed by atoms with Gasteiger partial charge in [0.05, 0.1) is 0 Å². The highest BCUT2D eigenvalue weighted by Gasteiger charge is 2.39. The minimum absolute atomic E-state index is 0.370. The van der Waals surface area contributed by atoms with Crippen LogP contribution in [0.25, 0.3) is 0 Å². The summed E-state index contributed by atoms with van der Waals surface area (Å²) in [5, 5.41) is 8.94. The molecule has 0 saturated carbocycles. The Kier molecular flexibility index (Phi) is 5.97. The second-order valence-electron chi connectivity index (χ2n) is 6.28. The fourth-order valence-electron chi connectivity index (χ4n) is 4.13.